The summed E-state index contributed by atoms with van der Waals surface area (Å²) < 4.78 is 0. The predicted octanol–water partition coefficient (Wildman–Crippen LogP) is 3.24. The van der Waals surface area contributed by atoms with Crippen LogP contribution in [0.4, 0.5) is 5.69 Å². The zero-order valence-electron chi connectivity index (χ0n) is 11.3. The Hall–Kier alpha value is -1.70. The average Bonchev–Trinajstić information content (AvgIpc) is 2.50. The van der Waals surface area contributed by atoms with Crippen LogP contribution in [-0.4, -0.2) is 29.8 Å². The summed E-state index contributed by atoms with van der Waals surface area (Å²) in [4.78, 5) is 0. The molecule has 3 nitrogen and oxygen atoms in total. The van der Waals surface area contributed by atoms with E-state index in [4.69, 9.17) is 10.4 Å². The second kappa shape index (κ2) is 7.78. The SMILES string of the molecule is N#Cc1ccc(NCCSCCCO)c2ccccc12. The number of hydrogen-bond donors (Lipinski definition) is 2. The molecule has 0 aliphatic rings. The fraction of sp³-hybridized carbons (Fsp3) is 0.312. The highest BCUT2D eigenvalue weighted by molar-refractivity contribution is 7.99. The van der Waals surface area contributed by atoms with Crippen LogP contribution in [0.15, 0.2) is 36.4 Å². The lowest BCUT2D eigenvalue weighted by atomic mass is 10.0. The quantitative estimate of drug-likeness (QED) is 0.767. The average molecular weight is 286 g/mol. The van der Waals surface area contributed by atoms with Gasteiger partial charge in [0.15, 0.2) is 0 Å². The predicted molar refractivity (Wildman–Crippen MR) is 86.2 cm³/mol. The van der Waals surface area contributed by atoms with E-state index >= 15 is 0 Å². The van der Waals surface area contributed by atoms with Gasteiger partial charge in [-0.1, -0.05) is 24.3 Å². The van der Waals surface area contributed by atoms with Crippen LogP contribution in [0.2, 0.25) is 0 Å². The van der Waals surface area contributed by atoms with Gasteiger partial charge in [-0.3, -0.25) is 0 Å². The summed E-state index contributed by atoms with van der Waals surface area (Å²) in [6.45, 7) is 1.15. The van der Waals surface area contributed by atoms with Crippen LogP contribution < -0.4 is 5.32 Å². The summed E-state index contributed by atoms with van der Waals surface area (Å²) in [5.41, 5.74) is 1.78. The van der Waals surface area contributed by atoms with Gasteiger partial charge in [-0.05, 0) is 24.3 Å². The van der Waals surface area contributed by atoms with Crippen LogP contribution in [0.25, 0.3) is 10.8 Å². The van der Waals surface area contributed by atoms with E-state index in [1.54, 1.807) is 0 Å². The number of hydrogen-bond acceptors (Lipinski definition) is 4. The molecule has 0 fully saturated rings. The number of nitrogens with one attached hydrogen (secondary N) is 1. The van der Waals surface area contributed by atoms with Crippen molar-refractivity contribution >= 4 is 28.2 Å². The highest BCUT2D eigenvalue weighted by atomic mass is 32.2. The van der Waals surface area contributed by atoms with Crippen molar-refractivity contribution in [3.63, 3.8) is 0 Å². The van der Waals surface area contributed by atoms with Gasteiger partial charge < -0.3 is 10.4 Å². The fourth-order valence-corrected chi connectivity index (χ4v) is 2.86. The van der Waals surface area contributed by atoms with Crippen LogP contribution in [0.5, 0.6) is 0 Å². The second-order valence-corrected chi connectivity index (χ2v) is 5.66. The molecule has 0 aliphatic heterocycles. The van der Waals surface area contributed by atoms with Gasteiger partial charge in [0.2, 0.25) is 0 Å². The Balaban J connectivity index is 2.02. The number of aliphatic hydroxyl groups is 1. The Bertz CT molecular complexity index is 607. The summed E-state index contributed by atoms with van der Waals surface area (Å²) in [6.07, 6.45) is 0.852. The summed E-state index contributed by atoms with van der Waals surface area (Å²) in [5, 5.41) is 23.3. The van der Waals surface area contributed by atoms with Crippen LogP contribution in [-0.2, 0) is 0 Å². The monoisotopic (exact) mass is 286 g/mol. The van der Waals surface area contributed by atoms with Gasteiger partial charge in [-0.2, -0.15) is 17.0 Å². The number of anilines is 1. The van der Waals surface area contributed by atoms with Crippen molar-refractivity contribution in [3.8, 4) is 6.07 Å². The molecule has 104 valence electrons. The number of nitriles is 1. The van der Waals surface area contributed by atoms with Crippen molar-refractivity contribution in [1.29, 1.82) is 5.26 Å². The first kappa shape index (κ1) is 14.7. The first-order valence-electron chi connectivity index (χ1n) is 6.71. The van der Waals surface area contributed by atoms with E-state index in [2.05, 4.69) is 11.4 Å². The molecule has 0 saturated heterocycles. The molecule has 2 rings (SSSR count). The standard InChI is InChI=1S/C16H18N2OS/c17-12-13-6-7-16(15-5-2-1-4-14(13)15)18-8-11-20-10-3-9-19/h1-2,4-7,18-19H,3,8-11H2. The molecule has 0 unspecified atom stereocenters. The summed E-state index contributed by atoms with van der Waals surface area (Å²) in [6, 6.07) is 14.0. The minimum Gasteiger partial charge on any atom is -0.396 e. The first-order valence-corrected chi connectivity index (χ1v) is 7.86. The molecule has 2 aromatic carbocycles. The molecule has 20 heavy (non-hydrogen) atoms. The Morgan fingerprint density at radius 1 is 1.10 bits per heavy atom. The van der Waals surface area contributed by atoms with E-state index in [1.807, 2.05) is 48.2 Å². The molecule has 2 aromatic rings. The van der Waals surface area contributed by atoms with Gasteiger partial charge in [0.1, 0.15) is 0 Å². The van der Waals surface area contributed by atoms with Crippen molar-refractivity contribution in [3.05, 3.63) is 42.0 Å². The van der Waals surface area contributed by atoms with Gasteiger partial charge in [-0.25, -0.2) is 0 Å². The molecule has 4 heteroatoms. The highest BCUT2D eigenvalue weighted by Crippen LogP contribution is 2.26. The summed E-state index contributed by atoms with van der Waals surface area (Å²) in [7, 11) is 0. The lowest BCUT2D eigenvalue weighted by Gasteiger charge is -2.10. The zero-order valence-corrected chi connectivity index (χ0v) is 12.1. The molecule has 2 N–H and O–H groups in total. The number of aliphatic hydroxyl groups excluding tert-OH is 1. The molecular formula is C16H18N2OS. The highest BCUT2D eigenvalue weighted by Gasteiger charge is 2.04. The van der Waals surface area contributed by atoms with Gasteiger partial charge >= 0.3 is 0 Å². The molecule has 0 radical (unpaired) electrons. The van der Waals surface area contributed by atoms with Gasteiger partial charge in [0, 0.05) is 35.4 Å². The Morgan fingerprint density at radius 3 is 2.65 bits per heavy atom. The van der Waals surface area contributed by atoms with E-state index in [0.29, 0.717) is 5.56 Å². The Labute approximate surface area is 123 Å². The van der Waals surface area contributed by atoms with E-state index < -0.39 is 0 Å². The number of rotatable bonds is 7. The van der Waals surface area contributed by atoms with Crippen molar-refractivity contribution in [2.45, 2.75) is 6.42 Å². The minimum absolute atomic E-state index is 0.265. The lowest BCUT2D eigenvalue weighted by molar-refractivity contribution is 0.296. The number of fused-ring (bicyclic) bond motifs is 1. The summed E-state index contributed by atoms with van der Waals surface area (Å²) in [5.74, 6) is 2.00. The van der Waals surface area contributed by atoms with Gasteiger partial charge in [0.25, 0.3) is 0 Å². The summed E-state index contributed by atoms with van der Waals surface area (Å²) >= 11 is 1.84. The normalized spacial score (nSPS) is 10.4. The lowest BCUT2D eigenvalue weighted by Crippen LogP contribution is -2.05. The van der Waals surface area contributed by atoms with E-state index in [0.717, 1.165) is 40.9 Å². The molecule has 0 saturated carbocycles. The molecule has 0 spiro atoms. The number of nitrogens with zero attached hydrogens (tertiary/aromatic N) is 1. The number of thioether (sulfide) groups is 1. The van der Waals surface area contributed by atoms with Crippen LogP contribution in [0.1, 0.15) is 12.0 Å². The maximum atomic E-state index is 9.13. The number of benzene rings is 2. The molecule has 0 bridgehead atoms. The molecule has 0 aliphatic carbocycles. The maximum absolute atomic E-state index is 9.13. The second-order valence-electron chi connectivity index (χ2n) is 4.43. The van der Waals surface area contributed by atoms with Crippen LogP contribution >= 0.6 is 11.8 Å². The zero-order chi connectivity index (χ0) is 14.2. The molecule has 0 heterocycles. The Morgan fingerprint density at radius 2 is 1.90 bits per heavy atom. The van der Waals surface area contributed by atoms with Crippen molar-refractivity contribution in [2.75, 3.05) is 30.0 Å². The maximum Gasteiger partial charge on any atom is 0.0998 e. The third kappa shape index (κ3) is 3.66. The van der Waals surface area contributed by atoms with Crippen molar-refractivity contribution in [2.24, 2.45) is 0 Å². The van der Waals surface area contributed by atoms with Crippen molar-refractivity contribution in [1.82, 2.24) is 0 Å². The largest absolute Gasteiger partial charge is 0.396 e. The minimum atomic E-state index is 0.265. The van der Waals surface area contributed by atoms with E-state index in [9.17, 15) is 0 Å². The molecule has 0 amide bonds. The smallest absolute Gasteiger partial charge is 0.0998 e. The third-order valence-electron chi connectivity index (χ3n) is 3.05. The van der Waals surface area contributed by atoms with Crippen LogP contribution in [0, 0.1) is 11.3 Å². The van der Waals surface area contributed by atoms with Crippen molar-refractivity contribution < 1.29 is 5.11 Å². The molecule has 0 atom stereocenters. The third-order valence-corrected chi connectivity index (χ3v) is 4.12. The first-order chi connectivity index (χ1) is 9.86. The van der Waals surface area contributed by atoms with Gasteiger partial charge in [-0.15, -0.1) is 0 Å². The topological polar surface area (TPSA) is 56.0 Å². The molecular weight excluding hydrogens is 268 g/mol. The van der Waals surface area contributed by atoms with Gasteiger partial charge in [0.05, 0.1) is 11.6 Å². The molecule has 0 aromatic heterocycles. The Kier molecular flexibility index (Phi) is 5.72. The van der Waals surface area contributed by atoms with E-state index in [1.165, 1.54) is 0 Å². The fourth-order valence-electron chi connectivity index (χ4n) is 2.08. The van der Waals surface area contributed by atoms with Crippen LogP contribution in [0.3, 0.4) is 0 Å². The van der Waals surface area contributed by atoms with E-state index in [-0.39, 0.29) is 6.61 Å².